The number of aliphatic hydroxyl groups excluding tert-OH is 6. The summed E-state index contributed by atoms with van der Waals surface area (Å²) in [4.78, 5) is 0. The lowest BCUT2D eigenvalue weighted by atomic mass is 9.42. The molecule has 2 heterocycles. The average molecular weight is 657 g/mol. The molecular weight excluding hydrogens is 596 g/mol. The molecule has 266 valence electrons. The average Bonchev–Trinajstić information content (AvgIpc) is 3.29. The second-order valence-corrected chi connectivity index (χ2v) is 16.3. The monoisotopic (exact) mass is 656 g/mol. The van der Waals surface area contributed by atoms with Gasteiger partial charge in [-0.2, -0.15) is 0 Å². The molecule has 18 atom stereocenters. The zero-order valence-corrected chi connectivity index (χ0v) is 28.1. The maximum atomic E-state index is 12.5. The zero-order valence-electron chi connectivity index (χ0n) is 28.1. The summed E-state index contributed by atoms with van der Waals surface area (Å²) in [6.45, 7) is 7.86. The molecule has 2 aliphatic heterocycles. The van der Waals surface area contributed by atoms with Gasteiger partial charge in [-0.25, -0.2) is 0 Å². The molecule has 46 heavy (non-hydrogen) atoms. The first-order valence-corrected chi connectivity index (χ1v) is 18.0. The Morgan fingerprint density at radius 3 is 2.15 bits per heavy atom. The van der Waals surface area contributed by atoms with Crippen molar-refractivity contribution in [1.29, 1.82) is 0 Å². The number of hydrogen-bond acceptors (Lipinski definition) is 11. The molecule has 7 N–H and O–H groups in total. The minimum absolute atomic E-state index is 0.00888. The SMILES string of the molecule is CC1O[C@@H](OC2C(C)O[C@@H](O[C@H]3CC[C@@]4(C)[C@H](CC[C@@H]5[C@@H]4C[C@@H](O)[C@]4(C)[C@@H](C(CO)CCO)CC[C@]54O)C3)C[C@H]2O)C[C@@H](O)C1O. The van der Waals surface area contributed by atoms with Crippen LogP contribution < -0.4 is 0 Å². The van der Waals surface area contributed by atoms with E-state index in [0.717, 1.165) is 38.5 Å². The van der Waals surface area contributed by atoms with E-state index in [1.807, 2.05) is 13.8 Å². The van der Waals surface area contributed by atoms with Crippen LogP contribution in [0.15, 0.2) is 0 Å². The Labute approximate surface area is 273 Å². The Hall–Kier alpha value is -0.440. The van der Waals surface area contributed by atoms with E-state index in [1.54, 1.807) is 6.92 Å². The second kappa shape index (κ2) is 13.4. The summed E-state index contributed by atoms with van der Waals surface area (Å²) in [6, 6.07) is 0. The first kappa shape index (κ1) is 35.4. The molecular formula is C35H60O11. The van der Waals surface area contributed by atoms with Crippen molar-refractivity contribution in [2.24, 2.45) is 40.4 Å². The third-order valence-electron chi connectivity index (χ3n) is 14.2. The predicted octanol–water partition coefficient (Wildman–Crippen LogP) is 1.84. The van der Waals surface area contributed by atoms with Gasteiger partial charge in [0.05, 0.1) is 42.2 Å². The largest absolute Gasteiger partial charge is 0.396 e. The lowest BCUT2D eigenvalue weighted by Gasteiger charge is -2.65. The summed E-state index contributed by atoms with van der Waals surface area (Å²) in [5.74, 6) is 0.508. The maximum absolute atomic E-state index is 12.5. The summed E-state index contributed by atoms with van der Waals surface area (Å²) in [5, 5.41) is 75.2. The van der Waals surface area contributed by atoms with Crippen molar-refractivity contribution in [2.45, 2.75) is 165 Å². The number of fused-ring (bicyclic) bond motifs is 5. The van der Waals surface area contributed by atoms with E-state index in [1.165, 1.54) is 0 Å². The van der Waals surface area contributed by atoms with Crippen LogP contribution in [0.4, 0.5) is 0 Å². The van der Waals surface area contributed by atoms with Gasteiger partial charge in [-0.3, -0.25) is 0 Å². The highest BCUT2D eigenvalue weighted by molar-refractivity contribution is 5.20. The quantitative estimate of drug-likeness (QED) is 0.190. The third kappa shape index (κ3) is 5.81. The molecule has 0 aromatic rings. The van der Waals surface area contributed by atoms with E-state index in [2.05, 4.69) is 6.92 Å². The first-order chi connectivity index (χ1) is 21.8. The Balaban J connectivity index is 1.07. The van der Waals surface area contributed by atoms with Gasteiger partial charge >= 0.3 is 0 Å². The first-order valence-electron chi connectivity index (χ1n) is 18.0. The Bertz CT molecular complexity index is 1020. The standard InChI is InChI=1S/C35H60O11/c1-18-31(41)26(38)15-30(43-18)46-32-19(2)44-29(16-27(32)39)45-22-7-10-33(3)21(13-22)5-6-24-25(33)14-28(40)34(4)23(8-11-35(24,34)42)20(17-37)9-12-36/h18-32,36-42H,5-17H2,1-4H3/t18?,19?,20?,21-,22+,23-,24-,25+,26-,27-,28-,29+,30+,31?,32?,33+,34+,35+/m1/s1. The van der Waals surface area contributed by atoms with E-state index in [9.17, 15) is 35.7 Å². The molecule has 11 heteroatoms. The van der Waals surface area contributed by atoms with Crippen molar-refractivity contribution in [1.82, 2.24) is 0 Å². The predicted molar refractivity (Wildman–Crippen MR) is 166 cm³/mol. The van der Waals surface area contributed by atoms with E-state index >= 15 is 0 Å². The van der Waals surface area contributed by atoms with Crippen molar-refractivity contribution in [2.75, 3.05) is 13.2 Å². The van der Waals surface area contributed by atoms with Crippen LogP contribution in [0.3, 0.4) is 0 Å². The Kier molecular flexibility index (Phi) is 10.3. The summed E-state index contributed by atoms with van der Waals surface area (Å²) >= 11 is 0. The molecule has 0 spiro atoms. The summed E-state index contributed by atoms with van der Waals surface area (Å²) in [7, 11) is 0. The van der Waals surface area contributed by atoms with Crippen LogP contribution in [0, 0.1) is 40.4 Å². The normalized spacial score (nSPS) is 54.8. The lowest BCUT2D eigenvalue weighted by molar-refractivity contribution is -0.318. The molecule has 5 unspecified atom stereocenters. The smallest absolute Gasteiger partial charge is 0.161 e. The summed E-state index contributed by atoms with van der Waals surface area (Å²) in [5.41, 5.74) is -1.74. The van der Waals surface area contributed by atoms with Gasteiger partial charge in [0.25, 0.3) is 0 Å². The number of rotatable bonds is 8. The fourth-order valence-corrected chi connectivity index (χ4v) is 11.5. The summed E-state index contributed by atoms with van der Waals surface area (Å²) in [6.07, 6.45) is 0.944. The van der Waals surface area contributed by atoms with Crippen LogP contribution in [0.1, 0.15) is 98.3 Å². The molecule has 0 aromatic carbocycles. The van der Waals surface area contributed by atoms with Gasteiger partial charge in [0.1, 0.15) is 12.2 Å². The topological polar surface area (TPSA) is 179 Å². The molecule has 0 radical (unpaired) electrons. The zero-order chi connectivity index (χ0) is 33.2. The minimum Gasteiger partial charge on any atom is -0.396 e. The van der Waals surface area contributed by atoms with E-state index in [-0.39, 0.29) is 61.2 Å². The highest BCUT2D eigenvalue weighted by Crippen LogP contribution is 2.70. The van der Waals surface area contributed by atoms with Crippen molar-refractivity contribution in [3.63, 3.8) is 0 Å². The molecule has 6 fully saturated rings. The van der Waals surface area contributed by atoms with Crippen molar-refractivity contribution >= 4 is 0 Å². The molecule has 0 amide bonds. The highest BCUT2D eigenvalue weighted by Gasteiger charge is 2.71. The molecule has 4 saturated carbocycles. The fraction of sp³-hybridized carbons (Fsp3) is 1.00. The number of hydrogen-bond donors (Lipinski definition) is 7. The Morgan fingerprint density at radius 1 is 0.783 bits per heavy atom. The van der Waals surface area contributed by atoms with Crippen LogP contribution in [0.25, 0.3) is 0 Å². The minimum atomic E-state index is -0.996. The summed E-state index contributed by atoms with van der Waals surface area (Å²) < 4.78 is 24.4. The molecule has 4 aliphatic carbocycles. The molecule has 0 aromatic heterocycles. The van der Waals surface area contributed by atoms with Crippen LogP contribution in [-0.2, 0) is 18.9 Å². The van der Waals surface area contributed by atoms with Gasteiger partial charge in [0.15, 0.2) is 12.6 Å². The maximum Gasteiger partial charge on any atom is 0.161 e. The van der Waals surface area contributed by atoms with Crippen LogP contribution in [0.2, 0.25) is 0 Å². The number of aliphatic hydroxyl groups is 7. The fourth-order valence-electron chi connectivity index (χ4n) is 11.5. The van der Waals surface area contributed by atoms with E-state index in [4.69, 9.17) is 18.9 Å². The van der Waals surface area contributed by atoms with Gasteiger partial charge in [-0.15, -0.1) is 0 Å². The van der Waals surface area contributed by atoms with Crippen molar-refractivity contribution in [3.05, 3.63) is 0 Å². The molecule has 2 saturated heterocycles. The number of ether oxygens (including phenoxy) is 4. The molecule has 11 nitrogen and oxygen atoms in total. The van der Waals surface area contributed by atoms with Crippen molar-refractivity contribution in [3.8, 4) is 0 Å². The lowest BCUT2D eigenvalue weighted by Crippen LogP contribution is -2.67. The van der Waals surface area contributed by atoms with Crippen LogP contribution in [-0.4, -0.2) is 116 Å². The molecule has 0 bridgehead atoms. The van der Waals surface area contributed by atoms with Crippen LogP contribution in [0.5, 0.6) is 0 Å². The van der Waals surface area contributed by atoms with E-state index in [0.29, 0.717) is 25.2 Å². The molecule has 6 rings (SSSR count). The van der Waals surface area contributed by atoms with Gasteiger partial charge in [0.2, 0.25) is 0 Å². The van der Waals surface area contributed by atoms with Gasteiger partial charge in [-0.1, -0.05) is 13.8 Å². The van der Waals surface area contributed by atoms with Crippen molar-refractivity contribution < 1.29 is 54.7 Å². The Morgan fingerprint density at radius 2 is 1.48 bits per heavy atom. The second-order valence-electron chi connectivity index (χ2n) is 16.3. The van der Waals surface area contributed by atoms with Gasteiger partial charge in [0, 0.05) is 31.5 Å². The van der Waals surface area contributed by atoms with Gasteiger partial charge in [-0.05, 0) is 107 Å². The molecule has 6 aliphatic rings. The van der Waals surface area contributed by atoms with Crippen LogP contribution >= 0.6 is 0 Å². The van der Waals surface area contributed by atoms with Gasteiger partial charge < -0.3 is 54.7 Å². The van der Waals surface area contributed by atoms with E-state index < -0.39 is 66.3 Å². The highest BCUT2D eigenvalue weighted by atomic mass is 16.7. The third-order valence-corrected chi connectivity index (χ3v) is 14.2.